The second-order valence-electron chi connectivity index (χ2n) is 2.87. The van der Waals surface area contributed by atoms with Crippen LogP contribution in [0.4, 0.5) is 13.2 Å². The monoisotopic (exact) mass is 237 g/mol. The maximum absolute atomic E-state index is 12.4. The van der Waals surface area contributed by atoms with E-state index >= 15 is 0 Å². The summed E-state index contributed by atoms with van der Waals surface area (Å²) >= 11 is 4.54. The number of hydrogen-bond donors (Lipinski definition) is 2. The Kier molecular flexibility index (Phi) is 2.85. The number of nitrogens with one attached hydrogen (secondary N) is 1. The molecule has 0 saturated heterocycles. The Morgan fingerprint density at radius 2 is 2.07 bits per heavy atom. The van der Waals surface area contributed by atoms with Crippen LogP contribution in [0, 0.1) is 11.6 Å². The zero-order valence-electron chi connectivity index (χ0n) is 7.47. The van der Waals surface area contributed by atoms with Gasteiger partial charge in [0.25, 0.3) is 0 Å². The fraction of sp³-hybridized carbons (Fsp3) is 0.250. The highest BCUT2D eigenvalue weighted by Crippen LogP contribution is 2.32. The van der Waals surface area contributed by atoms with Gasteiger partial charge in [0, 0.05) is 5.69 Å². The Balaban J connectivity index is 3.62. The van der Waals surface area contributed by atoms with Crippen molar-refractivity contribution in [2.24, 2.45) is 0 Å². The maximum atomic E-state index is 12.4. The summed E-state index contributed by atoms with van der Waals surface area (Å²) in [6.45, 7) is 1.37. The molecule has 0 radical (unpaired) electrons. The average Bonchev–Trinajstić information content (AvgIpc) is 1.99. The number of rotatable bonds is 1. The molecule has 0 aliphatic rings. The van der Waals surface area contributed by atoms with Crippen LogP contribution in [0.3, 0.4) is 0 Å². The van der Waals surface area contributed by atoms with Crippen molar-refractivity contribution in [3.63, 3.8) is 0 Å². The molecule has 0 aliphatic carbocycles. The fourth-order valence-electron chi connectivity index (χ4n) is 1.12. The van der Waals surface area contributed by atoms with Crippen molar-refractivity contribution in [3.05, 3.63) is 27.5 Å². The van der Waals surface area contributed by atoms with Crippen molar-refractivity contribution in [2.75, 3.05) is 0 Å². The molecular formula is C8H6F3NO2S. The summed E-state index contributed by atoms with van der Waals surface area (Å²) < 4.78 is 36.9. The first-order valence-electron chi connectivity index (χ1n) is 3.78. The van der Waals surface area contributed by atoms with Crippen LogP contribution in [0.2, 0.25) is 0 Å². The summed E-state index contributed by atoms with van der Waals surface area (Å²) in [6, 6.07) is 0.721. The lowest BCUT2D eigenvalue weighted by atomic mass is 10.1. The van der Waals surface area contributed by atoms with Crippen molar-refractivity contribution in [2.45, 2.75) is 13.1 Å². The lowest BCUT2D eigenvalue weighted by molar-refractivity contribution is -0.138. The number of H-pyrrole nitrogens is 1. The van der Waals surface area contributed by atoms with Gasteiger partial charge in [-0.1, -0.05) is 12.2 Å². The maximum Gasteiger partial charge on any atom is 0.417 e. The molecule has 0 aliphatic heterocycles. The van der Waals surface area contributed by atoms with Crippen molar-refractivity contribution < 1.29 is 23.1 Å². The van der Waals surface area contributed by atoms with Crippen molar-refractivity contribution in [1.29, 1.82) is 0 Å². The number of carboxylic acid groups (broad SMARTS) is 1. The second-order valence-corrected chi connectivity index (χ2v) is 3.28. The molecule has 3 nitrogen and oxygen atoms in total. The smallest absolute Gasteiger partial charge is 0.417 e. The van der Waals surface area contributed by atoms with E-state index in [2.05, 4.69) is 17.2 Å². The molecule has 1 aromatic rings. The third kappa shape index (κ3) is 2.35. The summed E-state index contributed by atoms with van der Waals surface area (Å²) in [5, 5.41) is 8.61. The molecule has 1 heterocycles. The lowest BCUT2D eigenvalue weighted by Gasteiger charge is -2.10. The van der Waals surface area contributed by atoms with Gasteiger partial charge in [-0.15, -0.1) is 0 Å². The van der Waals surface area contributed by atoms with Gasteiger partial charge >= 0.3 is 12.1 Å². The van der Waals surface area contributed by atoms with Gasteiger partial charge in [0.1, 0.15) is 10.2 Å². The Morgan fingerprint density at radius 1 is 1.53 bits per heavy atom. The van der Waals surface area contributed by atoms with E-state index in [1.54, 1.807) is 0 Å². The first-order chi connectivity index (χ1) is 6.73. The fourth-order valence-corrected chi connectivity index (χ4v) is 1.48. The molecule has 0 bridgehead atoms. The predicted octanol–water partition coefficient (Wildman–Crippen LogP) is 2.77. The topological polar surface area (TPSA) is 53.1 Å². The number of aryl methyl sites for hydroxylation is 1. The summed E-state index contributed by atoms with van der Waals surface area (Å²) in [5.74, 6) is -1.69. The van der Waals surface area contributed by atoms with E-state index in [9.17, 15) is 18.0 Å². The molecule has 7 heteroatoms. The molecule has 1 rings (SSSR count). The molecule has 1 aromatic heterocycles. The average molecular weight is 237 g/mol. The van der Waals surface area contributed by atoms with E-state index in [1.807, 2.05) is 0 Å². The Hall–Kier alpha value is -1.37. The zero-order chi connectivity index (χ0) is 11.8. The number of carboxylic acids is 1. The molecule has 82 valence electrons. The molecule has 0 fully saturated rings. The van der Waals surface area contributed by atoms with Crippen LogP contribution in [0.15, 0.2) is 6.07 Å². The normalized spacial score (nSPS) is 11.5. The van der Waals surface area contributed by atoms with Crippen molar-refractivity contribution in [1.82, 2.24) is 4.98 Å². The molecule has 0 amide bonds. The molecule has 0 spiro atoms. The molecule has 2 N–H and O–H groups in total. The van der Waals surface area contributed by atoms with Gasteiger partial charge in [0.2, 0.25) is 0 Å². The highest BCUT2D eigenvalue weighted by molar-refractivity contribution is 7.71. The predicted molar refractivity (Wildman–Crippen MR) is 48.3 cm³/mol. The van der Waals surface area contributed by atoms with Gasteiger partial charge in [0.15, 0.2) is 0 Å². The first kappa shape index (κ1) is 11.7. The highest BCUT2D eigenvalue weighted by atomic mass is 32.1. The van der Waals surface area contributed by atoms with Crippen molar-refractivity contribution >= 4 is 18.2 Å². The lowest BCUT2D eigenvalue weighted by Crippen LogP contribution is -2.14. The van der Waals surface area contributed by atoms with E-state index in [4.69, 9.17) is 5.11 Å². The van der Waals surface area contributed by atoms with Crippen LogP contribution in [0.1, 0.15) is 21.6 Å². The van der Waals surface area contributed by atoms with Gasteiger partial charge < -0.3 is 10.1 Å². The van der Waals surface area contributed by atoms with Crippen LogP contribution >= 0.6 is 12.2 Å². The standard InChI is InChI=1S/C8H6F3NO2S/c1-3-2-4(8(9,10)11)5(7(13)14)6(15)12-3/h2H,1H3,(H,12,15)(H,13,14). The number of alkyl halides is 3. The minimum atomic E-state index is -4.72. The van der Waals surface area contributed by atoms with E-state index in [0.29, 0.717) is 0 Å². The minimum Gasteiger partial charge on any atom is -0.478 e. The SMILES string of the molecule is Cc1cc(C(F)(F)F)c(C(=O)O)c(=S)[nH]1. The third-order valence-electron chi connectivity index (χ3n) is 1.69. The number of hydrogen-bond acceptors (Lipinski definition) is 2. The number of aromatic amines is 1. The number of pyridine rings is 1. The zero-order valence-corrected chi connectivity index (χ0v) is 8.29. The van der Waals surface area contributed by atoms with Crippen LogP contribution in [0.5, 0.6) is 0 Å². The van der Waals surface area contributed by atoms with Gasteiger partial charge in [0.05, 0.1) is 5.56 Å². The van der Waals surface area contributed by atoms with E-state index in [0.717, 1.165) is 6.07 Å². The Bertz CT molecular complexity index is 464. The molecule has 0 saturated carbocycles. The first-order valence-corrected chi connectivity index (χ1v) is 4.18. The number of carbonyl (C=O) groups is 1. The second kappa shape index (κ2) is 3.65. The summed E-state index contributed by atoms with van der Waals surface area (Å²) in [7, 11) is 0. The highest BCUT2D eigenvalue weighted by Gasteiger charge is 2.36. The molecule has 15 heavy (non-hydrogen) atoms. The molecule has 0 aromatic carbocycles. The van der Waals surface area contributed by atoms with Crippen LogP contribution in [-0.2, 0) is 6.18 Å². The van der Waals surface area contributed by atoms with E-state index in [1.165, 1.54) is 6.92 Å². The minimum absolute atomic E-state index is 0.164. The Labute approximate surface area is 87.6 Å². The van der Waals surface area contributed by atoms with Gasteiger partial charge in [-0.05, 0) is 13.0 Å². The molecule has 0 atom stereocenters. The quantitative estimate of drug-likeness (QED) is 0.738. The number of halogens is 3. The summed E-state index contributed by atoms with van der Waals surface area (Å²) in [4.78, 5) is 13.0. The largest absolute Gasteiger partial charge is 0.478 e. The molecular weight excluding hydrogens is 231 g/mol. The van der Waals surface area contributed by atoms with Crippen LogP contribution < -0.4 is 0 Å². The van der Waals surface area contributed by atoms with E-state index < -0.39 is 27.9 Å². The summed E-state index contributed by atoms with van der Waals surface area (Å²) in [6.07, 6.45) is -4.72. The van der Waals surface area contributed by atoms with Gasteiger partial charge in [-0.25, -0.2) is 4.79 Å². The van der Waals surface area contributed by atoms with Crippen LogP contribution in [-0.4, -0.2) is 16.1 Å². The van der Waals surface area contributed by atoms with Crippen molar-refractivity contribution in [3.8, 4) is 0 Å². The summed E-state index contributed by atoms with van der Waals surface area (Å²) in [5.41, 5.74) is -1.98. The van der Waals surface area contributed by atoms with E-state index in [-0.39, 0.29) is 5.69 Å². The van der Waals surface area contributed by atoms with Crippen LogP contribution in [0.25, 0.3) is 0 Å². The Morgan fingerprint density at radius 3 is 2.47 bits per heavy atom. The number of aromatic nitrogens is 1. The van der Waals surface area contributed by atoms with Gasteiger partial charge in [-0.2, -0.15) is 13.2 Å². The molecule has 0 unspecified atom stereocenters. The third-order valence-corrected chi connectivity index (χ3v) is 1.99. The number of aromatic carboxylic acids is 1. The van der Waals surface area contributed by atoms with Gasteiger partial charge in [-0.3, -0.25) is 0 Å².